The van der Waals surface area contributed by atoms with Gasteiger partial charge in [-0.1, -0.05) is 6.07 Å². The molecule has 1 atom stereocenters. The van der Waals surface area contributed by atoms with Gasteiger partial charge >= 0.3 is 0 Å². The van der Waals surface area contributed by atoms with E-state index in [9.17, 15) is 22.0 Å². The van der Waals surface area contributed by atoms with Gasteiger partial charge in [-0.05, 0) is 42.8 Å². The second kappa shape index (κ2) is 8.01. The number of nitrogens with one attached hydrogen (secondary N) is 1. The van der Waals surface area contributed by atoms with Crippen molar-refractivity contribution in [2.45, 2.75) is 17.9 Å². The van der Waals surface area contributed by atoms with Gasteiger partial charge in [0, 0.05) is 19.7 Å². The van der Waals surface area contributed by atoms with Crippen molar-refractivity contribution < 1.29 is 26.7 Å². The average molecular weight is 398 g/mol. The van der Waals surface area contributed by atoms with Crippen LogP contribution in [0.3, 0.4) is 0 Å². The van der Waals surface area contributed by atoms with Gasteiger partial charge in [0.1, 0.15) is 10.6 Å². The van der Waals surface area contributed by atoms with Gasteiger partial charge in [0.15, 0.2) is 11.6 Å². The molecule has 2 rings (SSSR count). The minimum Gasteiger partial charge on any atom is -0.495 e. The number of carbonyl (C=O) groups is 1. The zero-order valence-electron chi connectivity index (χ0n) is 15.3. The molecule has 0 bridgehead atoms. The summed E-state index contributed by atoms with van der Waals surface area (Å²) in [6.07, 6.45) is 0. The number of nitrogens with zero attached hydrogens (tertiary/aromatic N) is 1. The summed E-state index contributed by atoms with van der Waals surface area (Å²) in [5, 5.41) is 2.63. The van der Waals surface area contributed by atoms with Gasteiger partial charge in [0.05, 0.1) is 13.2 Å². The highest BCUT2D eigenvalue weighted by Gasteiger charge is 2.24. The first-order valence-corrected chi connectivity index (χ1v) is 9.38. The van der Waals surface area contributed by atoms with Crippen LogP contribution in [-0.2, 0) is 10.0 Å². The Kier molecular flexibility index (Phi) is 6.17. The van der Waals surface area contributed by atoms with Crippen LogP contribution in [-0.4, -0.2) is 39.8 Å². The van der Waals surface area contributed by atoms with Crippen molar-refractivity contribution in [3.05, 3.63) is 59.2 Å². The summed E-state index contributed by atoms with van der Waals surface area (Å²) in [5.74, 6) is -2.46. The number of rotatable bonds is 6. The fourth-order valence-electron chi connectivity index (χ4n) is 2.36. The van der Waals surface area contributed by atoms with Crippen LogP contribution in [0.1, 0.15) is 28.9 Å². The highest BCUT2D eigenvalue weighted by molar-refractivity contribution is 7.89. The number of sulfonamides is 1. The first kappa shape index (κ1) is 20.8. The number of amides is 1. The minimum atomic E-state index is -3.83. The topological polar surface area (TPSA) is 75.7 Å². The Morgan fingerprint density at radius 1 is 1.11 bits per heavy atom. The molecule has 9 heteroatoms. The molecule has 0 saturated carbocycles. The first-order valence-electron chi connectivity index (χ1n) is 7.94. The Balaban J connectivity index is 2.32. The average Bonchev–Trinajstić information content (AvgIpc) is 2.63. The van der Waals surface area contributed by atoms with Crippen LogP contribution in [0.2, 0.25) is 0 Å². The number of ether oxygens (including phenoxy) is 1. The predicted molar refractivity (Wildman–Crippen MR) is 96.1 cm³/mol. The molecule has 0 aliphatic heterocycles. The lowest BCUT2D eigenvalue weighted by Crippen LogP contribution is -2.28. The van der Waals surface area contributed by atoms with Crippen molar-refractivity contribution in [1.82, 2.24) is 9.62 Å². The molecular weight excluding hydrogens is 378 g/mol. The van der Waals surface area contributed by atoms with Gasteiger partial charge in [-0.15, -0.1) is 0 Å². The quantitative estimate of drug-likeness (QED) is 0.812. The maximum atomic E-state index is 13.4. The van der Waals surface area contributed by atoms with Gasteiger partial charge in [-0.25, -0.2) is 21.5 Å². The van der Waals surface area contributed by atoms with E-state index in [-0.39, 0.29) is 16.2 Å². The Morgan fingerprint density at radius 2 is 1.78 bits per heavy atom. The molecule has 0 aliphatic carbocycles. The van der Waals surface area contributed by atoms with E-state index in [1.807, 2.05) is 0 Å². The molecule has 0 fully saturated rings. The van der Waals surface area contributed by atoms with Crippen LogP contribution >= 0.6 is 0 Å². The Labute approximate surface area is 156 Å². The molecule has 27 heavy (non-hydrogen) atoms. The van der Waals surface area contributed by atoms with Gasteiger partial charge in [-0.3, -0.25) is 4.79 Å². The largest absolute Gasteiger partial charge is 0.495 e. The number of methoxy groups -OCH3 is 1. The SMILES string of the molecule is COc1ccc(C(=O)NC(C)c2ccc(F)c(F)c2)cc1S(=O)(=O)N(C)C. The lowest BCUT2D eigenvalue weighted by atomic mass is 10.1. The highest BCUT2D eigenvalue weighted by Crippen LogP contribution is 2.27. The summed E-state index contributed by atoms with van der Waals surface area (Å²) in [6, 6.07) is 6.72. The smallest absolute Gasteiger partial charge is 0.251 e. The van der Waals surface area contributed by atoms with Crippen molar-refractivity contribution in [1.29, 1.82) is 0 Å². The molecule has 0 aromatic heterocycles. The van der Waals surface area contributed by atoms with Crippen molar-refractivity contribution in [3.63, 3.8) is 0 Å². The van der Waals surface area contributed by atoms with Gasteiger partial charge in [0.2, 0.25) is 10.0 Å². The number of halogens is 2. The molecule has 0 heterocycles. The zero-order valence-corrected chi connectivity index (χ0v) is 16.1. The zero-order chi connectivity index (χ0) is 20.4. The molecule has 0 saturated heterocycles. The monoisotopic (exact) mass is 398 g/mol. The molecule has 0 radical (unpaired) electrons. The summed E-state index contributed by atoms with van der Waals surface area (Å²) in [4.78, 5) is 12.4. The number of hydrogen-bond acceptors (Lipinski definition) is 4. The Bertz CT molecular complexity index is 962. The molecule has 146 valence electrons. The van der Waals surface area contributed by atoms with Crippen LogP contribution in [0.15, 0.2) is 41.3 Å². The maximum absolute atomic E-state index is 13.4. The highest BCUT2D eigenvalue weighted by atomic mass is 32.2. The van der Waals surface area contributed by atoms with E-state index in [1.165, 1.54) is 45.5 Å². The third kappa shape index (κ3) is 4.42. The first-order chi connectivity index (χ1) is 12.6. The Morgan fingerprint density at radius 3 is 2.33 bits per heavy atom. The second-order valence-corrected chi connectivity index (χ2v) is 8.14. The molecular formula is C18H20F2N2O4S. The van der Waals surface area contributed by atoms with E-state index < -0.39 is 33.6 Å². The van der Waals surface area contributed by atoms with E-state index in [1.54, 1.807) is 6.92 Å². The van der Waals surface area contributed by atoms with Crippen molar-refractivity contribution in [2.24, 2.45) is 0 Å². The molecule has 1 amide bonds. The number of benzene rings is 2. The van der Waals surface area contributed by atoms with Crippen molar-refractivity contribution >= 4 is 15.9 Å². The lowest BCUT2D eigenvalue weighted by Gasteiger charge is -2.17. The summed E-state index contributed by atoms with van der Waals surface area (Å²) < 4.78 is 57.4. The molecule has 1 unspecified atom stereocenters. The van der Waals surface area contributed by atoms with Crippen molar-refractivity contribution in [2.75, 3.05) is 21.2 Å². The predicted octanol–water partition coefficient (Wildman–Crippen LogP) is 2.71. The normalized spacial score (nSPS) is 12.7. The minimum absolute atomic E-state index is 0.0886. The fraction of sp³-hybridized carbons (Fsp3) is 0.278. The van der Waals surface area contributed by atoms with E-state index in [4.69, 9.17) is 4.74 Å². The van der Waals surface area contributed by atoms with Crippen LogP contribution in [0.25, 0.3) is 0 Å². The summed E-state index contributed by atoms with van der Waals surface area (Å²) >= 11 is 0. The standard InChI is InChI=1S/C18H20F2N2O4S/c1-11(12-5-7-14(19)15(20)9-12)21-18(23)13-6-8-16(26-4)17(10-13)27(24,25)22(2)3/h5-11H,1-4H3,(H,21,23). The number of carbonyl (C=O) groups excluding carboxylic acids is 1. The van der Waals surface area contributed by atoms with Gasteiger partial charge in [0.25, 0.3) is 5.91 Å². The van der Waals surface area contributed by atoms with Crippen molar-refractivity contribution in [3.8, 4) is 5.75 Å². The van der Waals surface area contributed by atoms with Crippen LogP contribution in [0, 0.1) is 11.6 Å². The lowest BCUT2D eigenvalue weighted by molar-refractivity contribution is 0.0939. The molecule has 1 N–H and O–H groups in total. The van der Waals surface area contributed by atoms with Gasteiger partial charge < -0.3 is 10.1 Å². The third-order valence-corrected chi connectivity index (χ3v) is 5.81. The Hall–Kier alpha value is -2.52. The molecule has 2 aromatic rings. The number of hydrogen-bond donors (Lipinski definition) is 1. The van der Waals surface area contributed by atoms with E-state index in [0.717, 1.165) is 16.4 Å². The summed E-state index contributed by atoms with van der Waals surface area (Å²) in [5.41, 5.74) is 0.461. The van der Waals surface area contributed by atoms with E-state index in [0.29, 0.717) is 5.56 Å². The molecule has 0 spiro atoms. The van der Waals surface area contributed by atoms with Gasteiger partial charge in [-0.2, -0.15) is 0 Å². The molecule has 6 nitrogen and oxygen atoms in total. The summed E-state index contributed by atoms with van der Waals surface area (Å²) in [6.45, 7) is 1.60. The van der Waals surface area contributed by atoms with Crippen LogP contribution < -0.4 is 10.1 Å². The molecule has 2 aromatic carbocycles. The van der Waals surface area contributed by atoms with E-state index >= 15 is 0 Å². The molecule has 0 aliphatic rings. The van der Waals surface area contributed by atoms with Crippen LogP contribution in [0.5, 0.6) is 5.75 Å². The third-order valence-electron chi connectivity index (χ3n) is 3.98. The van der Waals surface area contributed by atoms with Crippen LogP contribution in [0.4, 0.5) is 8.78 Å². The summed E-state index contributed by atoms with van der Waals surface area (Å²) in [7, 11) is 0.234. The van der Waals surface area contributed by atoms with E-state index in [2.05, 4.69) is 5.32 Å². The second-order valence-electron chi connectivity index (χ2n) is 6.02. The fourth-order valence-corrected chi connectivity index (χ4v) is 3.44. The maximum Gasteiger partial charge on any atom is 0.251 e.